The maximum Gasteiger partial charge on any atom is 0.338 e. The van der Waals surface area contributed by atoms with Gasteiger partial charge in [-0.3, -0.25) is 9.36 Å². The smallest absolute Gasteiger partial charge is 0.338 e. The lowest BCUT2D eigenvalue weighted by Crippen LogP contribution is -2.40. The number of benzene rings is 3. The Balaban J connectivity index is 1.59. The lowest BCUT2D eigenvalue weighted by molar-refractivity contribution is -0.139. The number of rotatable bonds is 11. The molecule has 1 aliphatic heterocycles. The molecule has 0 amide bonds. The van der Waals surface area contributed by atoms with Crippen LogP contribution in [0.25, 0.3) is 6.08 Å². The van der Waals surface area contributed by atoms with Crippen LogP contribution in [-0.4, -0.2) is 37.5 Å². The molecule has 1 aromatic heterocycles. The number of thiazole rings is 1. The first-order valence-electron chi connectivity index (χ1n) is 14.8. The number of halogens is 2. The van der Waals surface area contributed by atoms with Crippen LogP contribution in [-0.2, 0) is 16.1 Å². The van der Waals surface area contributed by atoms with E-state index in [1.807, 2.05) is 44.2 Å². The SMILES string of the molecule is CCOC(=O)C1=C(C)N=c2s/c(=C\c3cc(Cl)c(OCc4ccc(Br)cc4)c(OC)c3)c(=O)n2[C@@H]1c1ccc(OC(C)C)c(OC)c1. The maximum absolute atomic E-state index is 14.2. The van der Waals surface area contributed by atoms with Crippen LogP contribution in [0.2, 0.25) is 5.02 Å². The third kappa shape index (κ3) is 7.42. The van der Waals surface area contributed by atoms with E-state index in [-0.39, 0.29) is 23.8 Å². The van der Waals surface area contributed by atoms with E-state index in [2.05, 4.69) is 20.9 Å². The monoisotopic (exact) mass is 740 g/mol. The van der Waals surface area contributed by atoms with Gasteiger partial charge in [0.15, 0.2) is 27.8 Å². The number of hydrogen-bond donors (Lipinski definition) is 0. The molecule has 5 rings (SSSR count). The highest BCUT2D eigenvalue weighted by Crippen LogP contribution is 2.38. The van der Waals surface area contributed by atoms with Crippen molar-refractivity contribution in [2.75, 3.05) is 20.8 Å². The predicted molar refractivity (Wildman–Crippen MR) is 186 cm³/mol. The number of carbonyl (C=O) groups is 1. The molecule has 0 fully saturated rings. The molecule has 246 valence electrons. The number of methoxy groups -OCH3 is 2. The minimum atomic E-state index is -0.818. The minimum absolute atomic E-state index is 0.0797. The first-order valence-corrected chi connectivity index (χ1v) is 16.8. The van der Waals surface area contributed by atoms with Crippen LogP contribution in [0.15, 0.2) is 80.1 Å². The summed E-state index contributed by atoms with van der Waals surface area (Å²) in [5, 5.41) is 0.328. The summed E-state index contributed by atoms with van der Waals surface area (Å²) in [6.07, 6.45) is 1.64. The highest BCUT2D eigenvalue weighted by atomic mass is 79.9. The van der Waals surface area contributed by atoms with Crippen LogP contribution < -0.4 is 33.8 Å². The van der Waals surface area contributed by atoms with Gasteiger partial charge >= 0.3 is 5.97 Å². The fourth-order valence-corrected chi connectivity index (χ4v) is 6.75. The van der Waals surface area contributed by atoms with Gasteiger partial charge < -0.3 is 23.7 Å². The summed E-state index contributed by atoms with van der Waals surface area (Å²) < 4.78 is 31.5. The summed E-state index contributed by atoms with van der Waals surface area (Å²) >= 11 is 11.3. The van der Waals surface area contributed by atoms with E-state index in [4.69, 9.17) is 35.3 Å². The molecule has 9 nitrogen and oxygen atoms in total. The fourth-order valence-electron chi connectivity index (χ4n) is 5.16. The number of esters is 1. The van der Waals surface area contributed by atoms with Gasteiger partial charge in [0.05, 0.1) is 53.8 Å². The second-order valence-corrected chi connectivity index (χ2v) is 13.2. The van der Waals surface area contributed by atoms with Crippen LogP contribution in [0.1, 0.15) is 50.4 Å². The molecule has 0 unspecified atom stereocenters. The lowest BCUT2D eigenvalue weighted by atomic mass is 9.95. The number of carbonyl (C=O) groups excluding carboxylic acids is 1. The van der Waals surface area contributed by atoms with Crippen molar-refractivity contribution < 1.29 is 28.5 Å². The molecule has 4 aromatic rings. The van der Waals surface area contributed by atoms with Gasteiger partial charge in [-0.1, -0.05) is 57.1 Å². The molecule has 0 bridgehead atoms. The van der Waals surface area contributed by atoms with Crippen LogP contribution in [0.4, 0.5) is 0 Å². The number of hydrogen-bond acceptors (Lipinski definition) is 9. The fraction of sp³-hybridized carbons (Fsp3) is 0.286. The molecule has 0 saturated heterocycles. The summed E-state index contributed by atoms with van der Waals surface area (Å²) in [4.78, 5) is 32.6. The van der Waals surface area contributed by atoms with Crippen molar-refractivity contribution in [2.45, 2.75) is 46.4 Å². The van der Waals surface area contributed by atoms with Crippen LogP contribution in [0, 0.1) is 0 Å². The largest absolute Gasteiger partial charge is 0.493 e. The molecule has 3 aromatic carbocycles. The predicted octanol–water partition coefficient (Wildman–Crippen LogP) is 6.60. The third-order valence-corrected chi connectivity index (χ3v) is 9.02. The van der Waals surface area contributed by atoms with E-state index in [1.54, 1.807) is 51.3 Å². The Kier molecular flexibility index (Phi) is 10.8. The van der Waals surface area contributed by atoms with E-state index in [0.717, 1.165) is 10.0 Å². The van der Waals surface area contributed by atoms with Gasteiger partial charge in [-0.15, -0.1) is 0 Å². The zero-order valence-electron chi connectivity index (χ0n) is 26.8. The third-order valence-electron chi connectivity index (χ3n) is 7.23. The summed E-state index contributed by atoms with van der Waals surface area (Å²) in [6.45, 7) is 7.77. The van der Waals surface area contributed by atoms with Crippen molar-refractivity contribution in [1.82, 2.24) is 4.57 Å². The van der Waals surface area contributed by atoms with E-state index in [1.165, 1.54) is 23.0 Å². The Labute approximate surface area is 289 Å². The Hall–Kier alpha value is -4.06. The Morgan fingerprint density at radius 1 is 1.06 bits per heavy atom. The molecular weight excluding hydrogens is 708 g/mol. The average molecular weight is 742 g/mol. The van der Waals surface area contributed by atoms with Crippen molar-refractivity contribution in [1.29, 1.82) is 0 Å². The number of ether oxygens (including phenoxy) is 5. The van der Waals surface area contributed by atoms with E-state index >= 15 is 0 Å². The van der Waals surface area contributed by atoms with Gasteiger partial charge in [0.25, 0.3) is 5.56 Å². The maximum atomic E-state index is 14.2. The van der Waals surface area contributed by atoms with Gasteiger partial charge in [0, 0.05) is 4.47 Å². The average Bonchev–Trinajstić information content (AvgIpc) is 3.34. The number of aromatic nitrogens is 1. The Bertz CT molecular complexity index is 2020. The molecule has 0 N–H and O–H groups in total. The van der Waals surface area contributed by atoms with Crippen molar-refractivity contribution in [3.05, 3.63) is 112 Å². The van der Waals surface area contributed by atoms with Gasteiger partial charge in [-0.05, 0) is 86.9 Å². The highest BCUT2D eigenvalue weighted by Gasteiger charge is 2.34. The number of nitrogens with zero attached hydrogens (tertiary/aromatic N) is 2. The summed E-state index contributed by atoms with van der Waals surface area (Å²) in [6, 6.07) is 15.8. The molecule has 12 heteroatoms. The zero-order chi connectivity index (χ0) is 33.8. The first-order chi connectivity index (χ1) is 22.5. The molecule has 0 spiro atoms. The van der Waals surface area contributed by atoms with Crippen molar-refractivity contribution in [3.8, 4) is 23.0 Å². The van der Waals surface area contributed by atoms with Gasteiger partial charge in [0.1, 0.15) is 6.61 Å². The molecule has 1 aliphatic rings. The molecule has 1 atom stereocenters. The van der Waals surface area contributed by atoms with Crippen molar-refractivity contribution >= 4 is 50.9 Å². The van der Waals surface area contributed by atoms with Crippen LogP contribution in [0.5, 0.6) is 23.0 Å². The normalized spacial score (nSPS) is 14.5. The first kappa shape index (κ1) is 34.3. The van der Waals surface area contributed by atoms with Gasteiger partial charge in [-0.25, -0.2) is 9.79 Å². The van der Waals surface area contributed by atoms with Gasteiger partial charge in [-0.2, -0.15) is 0 Å². The quantitative estimate of drug-likeness (QED) is 0.160. The van der Waals surface area contributed by atoms with E-state index in [0.29, 0.717) is 60.8 Å². The molecular formula is C35H34BrClN2O7S. The molecule has 2 heterocycles. The second kappa shape index (κ2) is 14.8. The van der Waals surface area contributed by atoms with Crippen molar-refractivity contribution in [2.24, 2.45) is 4.99 Å². The topological polar surface area (TPSA) is 97.6 Å². The summed E-state index contributed by atoms with van der Waals surface area (Å²) in [5.74, 6) is 1.28. The molecule has 0 aliphatic carbocycles. The lowest BCUT2D eigenvalue weighted by Gasteiger charge is -2.25. The zero-order valence-corrected chi connectivity index (χ0v) is 29.9. The Morgan fingerprint density at radius 2 is 1.79 bits per heavy atom. The van der Waals surface area contributed by atoms with Crippen molar-refractivity contribution in [3.63, 3.8) is 0 Å². The van der Waals surface area contributed by atoms with Crippen LogP contribution in [0.3, 0.4) is 0 Å². The van der Waals surface area contributed by atoms with E-state index in [9.17, 15) is 9.59 Å². The Morgan fingerprint density at radius 3 is 2.45 bits per heavy atom. The summed E-state index contributed by atoms with van der Waals surface area (Å²) in [5.41, 5.74) is 2.62. The second-order valence-electron chi connectivity index (χ2n) is 10.8. The molecule has 0 saturated carbocycles. The van der Waals surface area contributed by atoms with Crippen LogP contribution >= 0.6 is 38.9 Å². The molecule has 0 radical (unpaired) electrons. The number of allylic oxidation sites excluding steroid dienone is 1. The molecule has 47 heavy (non-hydrogen) atoms. The minimum Gasteiger partial charge on any atom is -0.493 e. The number of fused-ring (bicyclic) bond motifs is 1. The summed E-state index contributed by atoms with van der Waals surface area (Å²) in [7, 11) is 3.07. The standard InChI is InChI=1S/C35H34BrClN2O7S/c1-7-44-34(41)30-20(4)38-35-39(31(30)23-10-13-26(46-19(2)3)27(17-23)42-5)33(40)29(47-35)16-22-14-25(37)32(28(15-22)43-6)45-18-21-8-11-24(36)12-9-21/h8-17,19,31H,7,18H2,1-6H3/b29-16-/t31-/m1/s1. The highest BCUT2D eigenvalue weighted by molar-refractivity contribution is 9.10. The van der Waals surface area contributed by atoms with Gasteiger partial charge in [0.2, 0.25) is 0 Å². The van der Waals surface area contributed by atoms with E-state index < -0.39 is 12.0 Å².